The number of nitrogens with one attached hydrogen (secondary N) is 1. The van der Waals surface area contributed by atoms with Crippen molar-refractivity contribution in [1.82, 2.24) is 5.32 Å². The quantitative estimate of drug-likeness (QED) is 0.369. The Morgan fingerprint density at radius 3 is 2.53 bits per heavy atom. The van der Waals surface area contributed by atoms with E-state index in [0.29, 0.717) is 18.3 Å². The molecule has 1 rings (SSSR count). The second kappa shape index (κ2) is 7.22. The average Bonchev–Trinajstić information content (AvgIpc) is 2.25. The normalized spacial score (nSPS) is 20.2. The first-order valence-electron chi connectivity index (χ1n) is 6.02. The minimum Gasteiger partial charge on any atom is -0.427 e. The predicted octanol–water partition coefficient (Wildman–Crippen LogP) is -0.0436. The van der Waals surface area contributed by atoms with Gasteiger partial charge in [0.2, 0.25) is 0 Å². The molecule has 0 saturated carbocycles. The highest BCUT2D eigenvalue weighted by molar-refractivity contribution is 6.40. The van der Waals surface area contributed by atoms with E-state index in [4.69, 9.17) is 15.8 Å². The first-order valence-corrected chi connectivity index (χ1v) is 6.02. The molecule has 1 aliphatic rings. The van der Waals surface area contributed by atoms with Gasteiger partial charge in [0, 0.05) is 6.04 Å². The van der Waals surface area contributed by atoms with Crippen molar-refractivity contribution in [1.29, 1.82) is 0 Å². The van der Waals surface area contributed by atoms with Gasteiger partial charge in [0.05, 0.1) is 0 Å². The fraction of sp³-hybridized carbons (Fsp3) is 1.00. The minimum absolute atomic E-state index is 0.294. The molecule has 0 radical (unpaired) electrons. The fourth-order valence-corrected chi connectivity index (χ4v) is 2.22. The molecule has 0 aliphatic carbocycles. The molecule has 5 N–H and O–H groups in total. The third kappa shape index (κ3) is 5.51. The Kier molecular flexibility index (Phi) is 6.25. The molecule has 5 heteroatoms. The molecule has 0 aromatic carbocycles. The van der Waals surface area contributed by atoms with Gasteiger partial charge in [-0.25, -0.2) is 0 Å². The first-order chi connectivity index (χ1) is 7.20. The molecule has 4 nitrogen and oxygen atoms in total. The zero-order valence-corrected chi connectivity index (χ0v) is 9.36. The maximum absolute atomic E-state index is 8.68. The van der Waals surface area contributed by atoms with Gasteiger partial charge < -0.3 is 21.1 Å². The number of hydrogen-bond acceptors (Lipinski definition) is 4. The van der Waals surface area contributed by atoms with Crippen LogP contribution in [0.2, 0.25) is 6.32 Å². The molecule has 1 saturated heterocycles. The summed E-state index contributed by atoms with van der Waals surface area (Å²) in [6.45, 7) is 2.18. The summed E-state index contributed by atoms with van der Waals surface area (Å²) in [5.74, 6) is 0.658. The maximum Gasteiger partial charge on any atom is 0.451 e. The molecule has 0 bridgehead atoms. The minimum atomic E-state index is -1.15. The monoisotopic (exact) mass is 214 g/mol. The van der Waals surface area contributed by atoms with Crippen molar-refractivity contribution in [2.45, 2.75) is 44.5 Å². The molecular formula is C10H23BN2O2. The van der Waals surface area contributed by atoms with E-state index >= 15 is 0 Å². The van der Waals surface area contributed by atoms with Crippen LogP contribution in [-0.4, -0.2) is 36.3 Å². The Morgan fingerprint density at radius 2 is 1.93 bits per heavy atom. The lowest BCUT2D eigenvalue weighted by Crippen LogP contribution is -2.38. The summed E-state index contributed by atoms with van der Waals surface area (Å²) in [4.78, 5) is 0. The van der Waals surface area contributed by atoms with E-state index in [2.05, 4.69) is 5.32 Å². The summed E-state index contributed by atoms with van der Waals surface area (Å²) in [6, 6.07) is 0.294. The zero-order chi connectivity index (χ0) is 11.1. The summed E-state index contributed by atoms with van der Waals surface area (Å²) < 4.78 is 0. The SMILES string of the molecule is NC(CCCCB(O)O)C1CCNCC1. The molecule has 0 amide bonds. The van der Waals surface area contributed by atoms with Gasteiger partial charge in [-0.05, 0) is 44.6 Å². The highest BCUT2D eigenvalue weighted by atomic mass is 16.4. The zero-order valence-electron chi connectivity index (χ0n) is 9.36. The molecule has 1 atom stereocenters. The van der Waals surface area contributed by atoms with E-state index < -0.39 is 7.12 Å². The van der Waals surface area contributed by atoms with E-state index in [-0.39, 0.29) is 0 Å². The van der Waals surface area contributed by atoms with Crippen molar-refractivity contribution in [3.05, 3.63) is 0 Å². The molecule has 1 fully saturated rings. The summed E-state index contributed by atoms with van der Waals surface area (Å²) in [5, 5.41) is 20.7. The van der Waals surface area contributed by atoms with Gasteiger partial charge in [0.15, 0.2) is 0 Å². The first kappa shape index (κ1) is 13.0. The molecular weight excluding hydrogens is 191 g/mol. The fourth-order valence-electron chi connectivity index (χ4n) is 2.22. The van der Waals surface area contributed by atoms with Gasteiger partial charge >= 0.3 is 7.12 Å². The van der Waals surface area contributed by atoms with E-state index in [9.17, 15) is 0 Å². The topological polar surface area (TPSA) is 78.5 Å². The summed E-state index contributed by atoms with van der Waals surface area (Å²) in [5.41, 5.74) is 6.11. The van der Waals surface area contributed by atoms with Crippen LogP contribution in [0.3, 0.4) is 0 Å². The lowest BCUT2D eigenvalue weighted by Gasteiger charge is -2.28. The number of piperidine rings is 1. The second-order valence-electron chi connectivity index (χ2n) is 4.52. The molecule has 1 heterocycles. The van der Waals surface area contributed by atoms with Gasteiger partial charge in [-0.2, -0.15) is 0 Å². The number of nitrogens with two attached hydrogens (primary N) is 1. The smallest absolute Gasteiger partial charge is 0.427 e. The van der Waals surface area contributed by atoms with Gasteiger partial charge in [0.1, 0.15) is 0 Å². The summed E-state index contributed by atoms with van der Waals surface area (Å²) in [6.07, 6.45) is 5.71. The average molecular weight is 214 g/mol. The predicted molar refractivity (Wildman–Crippen MR) is 62.4 cm³/mol. The number of unbranched alkanes of at least 4 members (excludes halogenated alkanes) is 1. The van der Waals surface area contributed by atoms with Crippen LogP contribution in [0, 0.1) is 5.92 Å². The Hall–Kier alpha value is -0.0951. The van der Waals surface area contributed by atoms with Gasteiger partial charge in [-0.1, -0.05) is 12.8 Å². The second-order valence-corrected chi connectivity index (χ2v) is 4.52. The van der Waals surface area contributed by atoms with Crippen LogP contribution >= 0.6 is 0 Å². The van der Waals surface area contributed by atoms with Crippen LogP contribution in [0.15, 0.2) is 0 Å². The van der Waals surface area contributed by atoms with Crippen LogP contribution in [-0.2, 0) is 0 Å². The van der Waals surface area contributed by atoms with Gasteiger partial charge in [0.25, 0.3) is 0 Å². The van der Waals surface area contributed by atoms with Crippen LogP contribution in [0.4, 0.5) is 0 Å². The molecule has 0 aromatic heterocycles. The molecule has 0 aromatic rings. The Morgan fingerprint density at radius 1 is 1.27 bits per heavy atom. The van der Waals surface area contributed by atoms with Crippen molar-refractivity contribution >= 4 is 7.12 Å². The van der Waals surface area contributed by atoms with Gasteiger partial charge in [-0.15, -0.1) is 0 Å². The Bertz CT molecular complexity index is 164. The summed E-state index contributed by atoms with van der Waals surface area (Å²) in [7, 11) is -1.15. The Balaban J connectivity index is 2.04. The van der Waals surface area contributed by atoms with E-state index in [0.717, 1.165) is 32.4 Å². The summed E-state index contributed by atoms with van der Waals surface area (Å²) >= 11 is 0. The Labute approximate surface area is 92.4 Å². The largest absolute Gasteiger partial charge is 0.451 e. The molecule has 1 aliphatic heterocycles. The third-order valence-corrected chi connectivity index (χ3v) is 3.24. The van der Waals surface area contributed by atoms with Crippen LogP contribution in [0.25, 0.3) is 0 Å². The van der Waals surface area contributed by atoms with Gasteiger partial charge in [-0.3, -0.25) is 0 Å². The lowest BCUT2D eigenvalue weighted by molar-refractivity contribution is 0.303. The van der Waals surface area contributed by atoms with Crippen molar-refractivity contribution in [2.24, 2.45) is 11.7 Å². The lowest BCUT2D eigenvalue weighted by atomic mass is 9.82. The molecule has 1 unspecified atom stereocenters. The van der Waals surface area contributed by atoms with E-state index in [1.54, 1.807) is 0 Å². The van der Waals surface area contributed by atoms with Crippen LogP contribution in [0.1, 0.15) is 32.1 Å². The maximum atomic E-state index is 8.68. The molecule has 15 heavy (non-hydrogen) atoms. The van der Waals surface area contributed by atoms with Crippen molar-refractivity contribution in [2.75, 3.05) is 13.1 Å². The highest BCUT2D eigenvalue weighted by Gasteiger charge is 2.19. The molecule has 88 valence electrons. The molecule has 0 spiro atoms. The van der Waals surface area contributed by atoms with E-state index in [1.165, 1.54) is 12.8 Å². The third-order valence-electron chi connectivity index (χ3n) is 3.24. The van der Waals surface area contributed by atoms with Crippen LogP contribution in [0.5, 0.6) is 0 Å². The number of hydrogen-bond donors (Lipinski definition) is 4. The number of rotatable bonds is 6. The van der Waals surface area contributed by atoms with E-state index in [1.807, 2.05) is 0 Å². The van der Waals surface area contributed by atoms with Crippen molar-refractivity contribution in [3.63, 3.8) is 0 Å². The van der Waals surface area contributed by atoms with Crippen molar-refractivity contribution < 1.29 is 10.0 Å². The van der Waals surface area contributed by atoms with Crippen LogP contribution < -0.4 is 11.1 Å². The van der Waals surface area contributed by atoms with Crippen molar-refractivity contribution in [3.8, 4) is 0 Å². The highest BCUT2D eigenvalue weighted by Crippen LogP contribution is 2.19. The standard InChI is InChI=1S/C10H23BN2O2/c12-10(3-1-2-6-11(14)15)9-4-7-13-8-5-9/h9-10,13-15H,1-8,12H2.